The first kappa shape index (κ1) is 8.46. The highest BCUT2D eigenvalue weighted by atomic mass is 19.3. The molecule has 3 atom stereocenters. The third-order valence-electron chi connectivity index (χ3n) is 3.64. The van der Waals surface area contributed by atoms with Crippen LogP contribution in [0.1, 0.15) is 38.5 Å². The van der Waals surface area contributed by atoms with Gasteiger partial charge in [-0.3, -0.25) is 0 Å². The highest BCUT2D eigenvalue weighted by molar-refractivity contribution is 4.89. The topological polar surface area (TPSA) is 0 Å². The van der Waals surface area contributed by atoms with Crippen LogP contribution < -0.4 is 0 Å². The van der Waals surface area contributed by atoms with E-state index >= 15 is 0 Å². The first-order chi connectivity index (χ1) is 5.75. The summed E-state index contributed by atoms with van der Waals surface area (Å²) in [6.45, 7) is 0. The van der Waals surface area contributed by atoms with E-state index in [1.807, 2.05) is 0 Å². The lowest BCUT2D eigenvalue weighted by molar-refractivity contribution is 0.121. The predicted molar refractivity (Wildman–Crippen MR) is 44.2 cm³/mol. The minimum Gasteiger partial charge on any atom is -0.211 e. The summed E-state index contributed by atoms with van der Waals surface area (Å²) >= 11 is 0. The number of alkyl halides is 2. The molecule has 0 N–H and O–H groups in total. The van der Waals surface area contributed by atoms with Crippen molar-refractivity contribution in [3.63, 3.8) is 0 Å². The Balaban J connectivity index is 1.76. The van der Waals surface area contributed by atoms with Gasteiger partial charge in [0.15, 0.2) is 0 Å². The maximum absolute atomic E-state index is 11.9. The van der Waals surface area contributed by atoms with Crippen LogP contribution >= 0.6 is 0 Å². The van der Waals surface area contributed by atoms with Crippen LogP contribution in [0.3, 0.4) is 0 Å². The third kappa shape index (κ3) is 1.62. The predicted octanol–water partition coefficient (Wildman–Crippen LogP) is 3.47. The molecule has 0 saturated heterocycles. The third-order valence-corrected chi connectivity index (χ3v) is 3.64. The Bertz CT molecular complexity index is 156. The summed E-state index contributed by atoms with van der Waals surface area (Å²) in [5, 5.41) is 0. The van der Waals surface area contributed by atoms with Crippen molar-refractivity contribution in [1.29, 1.82) is 0 Å². The Morgan fingerprint density at radius 1 is 1.17 bits per heavy atom. The molecule has 0 aromatic carbocycles. The molecule has 70 valence electrons. The summed E-state index contributed by atoms with van der Waals surface area (Å²) in [4.78, 5) is 0. The summed E-state index contributed by atoms with van der Waals surface area (Å²) in [5.74, 6) is 2.36. The van der Waals surface area contributed by atoms with Crippen LogP contribution in [0, 0.1) is 17.8 Å². The molecule has 2 aliphatic rings. The van der Waals surface area contributed by atoms with E-state index in [-0.39, 0.29) is 6.42 Å². The first-order valence-electron chi connectivity index (χ1n) is 5.04. The molecule has 0 amide bonds. The molecule has 2 heteroatoms. The van der Waals surface area contributed by atoms with Crippen LogP contribution in [-0.2, 0) is 0 Å². The van der Waals surface area contributed by atoms with Crippen LogP contribution in [-0.4, -0.2) is 6.43 Å². The molecule has 0 aromatic rings. The van der Waals surface area contributed by atoms with Gasteiger partial charge in [-0.2, -0.15) is 0 Å². The molecule has 2 saturated carbocycles. The number of rotatable bonds is 3. The molecular formula is C10H16F2. The smallest absolute Gasteiger partial charge is 0.211 e. The highest BCUT2D eigenvalue weighted by Crippen LogP contribution is 2.49. The molecule has 2 fully saturated rings. The number of fused-ring (bicyclic) bond motifs is 2. The van der Waals surface area contributed by atoms with Gasteiger partial charge in [-0.25, -0.2) is 8.78 Å². The lowest BCUT2D eigenvalue weighted by Crippen LogP contribution is -2.11. The SMILES string of the molecule is FC(F)CCC1C[C@@H]2CC[C@H]1C2. The van der Waals surface area contributed by atoms with Crippen LogP contribution in [0.25, 0.3) is 0 Å². The minimum atomic E-state index is -2.08. The average molecular weight is 174 g/mol. The monoisotopic (exact) mass is 174 g/mol. The molecule has 0 nitrogen and oxygen atoms in total. The van der Waals surface area contributed by atoms with Gasteiger partial charge in [0.1, 0.15) is 0 Å². The summed E-state index contributed by atoms with van der Waals surface area (Å²) in [7, 11) is 0. The van der Waals surface area contributed by atoms with Gasteiger partial charge in [0.2, 0.25) is 6.43 Å². The van der Waals surface area contributed by atoms with E-state index in [1.54, 1.807) is 0 Å². The highest BCUT2D eigenvalue weighted by Gasteiger charge is 2.39. The minimum absolute atomic E-state index is 0.133. The van der Waals surface area contributed by atoms with E-state index < -0.39 is 6.43 Å². The summed E-state index contributed by atoms with van der Waals surface area (Å²) < 4.78 is 23.9. The van der Waals surface area contributed by atoms with Crippen molar-refractivity contribution in [2.24, 2.45) is 17.8 Å². The zero-order chi connectivity index (χ0) is 8.55. The van der Waals surface area contributed by atoms with Gasteiger partial charge in [0, 0.05) is 6.42 Å². The van der Waals surface area contributed by atoms with Crippen LogP contribution in [0.4, 0.5) is 8.78 Å². The maximum Gasteiger partial charge on any atom is 0.238 e. The quantitative estimate of drug-likeness (QED) is 0.614. The molecule has 0 aliphatic heterocycles. The fourth-order valence-electron chi connectivity index (χ4n) is 3.07. The van der Waals surface area contributed by atoms with Gasteiger partial charge in [-0.15, -0.1) is 0 Å². The fraction of sp³-hybridized carbons (Fsp3) is 1.00. The van der Waals surface area contributed by atoms with Crippen molar-refractivity contribution >= 4 is 0 Å². The molecule has 0 aromatic heterocycles. The van der Waals surface area contributed by atoms with Gasteiger partial charge >= 0.3 is 0 Å². The van der Waals surface area contributed by atoms with Crippen LogP contribution in [0.2, 0.25) is 0 Å². The zero-order valence-electron chi connectivity index (χ0n) is 7.31. The Labute approximate surface area is 72.3 Å². The molecule has 0 spiro atoms. The summed E-state index contributed by atoms with van der Waals surface area (Å²) in [6, 6.07) is 0. The second-order valence-corrected chi connectivity index (χ2v) is 4.40. The van der Waals surface area contributed by atoms with E-state index in [2.05, 4.69) is 0 Å². The molecule has 2 bridgehead atoms. The van der Waals surface area contributed by atoms with E-state index in [0.29, 0.717) is 5.92 Å². The Morgan fingerprint density at radius 3 is 2.50 bits per heavy atom. The van der Waals surface area contributed by atoms with Crippen molar-refractivity contribution in [1.82, 2.24) is 0 Å². The largest absolute Gasteiger partial charge is 0.238 e. The van der Waals surface area contributed by atoms with Crippen molar-refractivity contribution in [3.05, 3.63) is 0 Å². The maximum atomic E-state index is 11.9. The van der Waals surface area contributed by atoms with E-state index in [0.717, 1.165) is 18.3 Å². The normalized spacial score (nSPS) is 39.8. The van der Waals surface area contributed by atoms with Crippen molar-refractivity contribution in [2.75, 3.05) is 0 Å². The van der Waals surface area contributed by atoms with Crippen LogP contribution in [0.15, 0.2) is 0 Å². The summed E-state index contributed by atoms with van der Waals surface area (Å²) in [5.41, 5.74) is 0. The number of halogens is 2. The molecular weight excluding hydrogens is 158 g/mol. The van der Waals surface area contributed by atoms with Gasteiger partial charge < -0.3 is 0 Å². The van der Waals surface area contributed by atoms with Gasteiger partial charge in [-0.05, 0) is 43.4 Å². The van der Waals surface area contributed by atoms with Crippen molar-refractivity contribution in [3.8, 4) is 0 Å². The molecule has 12 heavy (non-hydrogen) atoms. The molecule has 2 rings (SSSR count). The fourth-order valence-corrected chi connectivity index (χ4v) is 3.07. The van der Waals surface area contributed by atoms with Gasteiger partial charge in [0.05, 0.1) is 0 Å². The molecule has 2 aliphatic carbocycles. The van der Waals surface area contributed by atoms with E-state index in [9.17, 15) is 8.78 Å². The second kappa shape index (κ2) is 3.31. The second-order valence-electron chi connectivity index (χ2n) is 4.40. The number of hydrogen-bond acceptors (Lipinski definition) is 0. The molecule has 0 heterocycles. The van der Waals surface area contributed by atoms with E-state index in [4.69, 9.17) is 0 Å². The molecule has 1 unspecified atom stereocenters. The average Bonchev–Trinajstić information content (AvgIpc) is 2.60. The Kier molecular flexibility index (Phi) is 2.33. The van der Waals surface area contributed by atoms with Gasteiger partial charge in [0.25, 0.3) is 0 Å². The zero-order valence-corrected chi connectivity index (χ0v) is 7.31. The summed E-state index contributed by atoms with van der Waals surface area (Å²) in [6.07, 6.45) is 4.11. The number of hydrogen-bond donors (Lipinski definition) is 0. The van der Waals surface area contributed by atoms with Crippen LogP contribution in [0.5, 0.6) is 0 Å². The Hall–Kier alpha value is -0.140. The lowest BCUT2D eigenvalue weighted by Gasteiger charge is -2.20. The van der Waals surface area contributed by atoms with Crippen molar-refractivity contribution in [2.45, 2.75) is 45.0 Å². The standard InChI is InChI=1S/C10H16F2/c11-10(12)4-3-9-6-7-1-2-8(9)5-7/h7-10H,1-6H2/t7-,8+,9?/m1/s1. The van der Waals surface area contributed by atoms with Gasteiger partial charge in [-0.1, -0.05) is 6.42 Å². The first-order valence-corrected chi connectivity index (χ1v) is 5.04. The molecule has 0 radical (unpaired) electrons. The lowest BCUT2D eigenvalue weighted by atomic mass is 9.86. The Morgan fingerprint density at radius 2 is 2.00 bits per heavy atom. The van der Waals surface area contributed by atoms with E-state index in [1.165, 1.54) is 25.7 Å². The van der Waals surface area contributed by atoms with Crippen molar-refractivity contribution < 1.29 is 8.78 Å².